The maximum atomic E-state index is 12.3. The molecule has 1 fully saturated rings. The number of anilines is 1. The summed E-state index contributed by atoms with van der Waals surface area (Å²) < 4.78 is 0.896. The summed E-state index contributed by atoms with van der Waals surface area (Å²) in [6, 6.07) is 5.41. The Hall–Kier alpha value is -1.07. The Kier molecular flexibility index (Phi) is 4.24. The van der Waals surface area contributed by atoms with E-state index in [1.54, 1.807) is 12.1 Å². The fourth-order valence-corrected chi connectivity index (χ4v) is 2.54. The van der Waals surface area contributed by atoms with Gasteiger partial charge in [-0.05, 0) is 24.7 Å². The molecule has 1 aromatic rings. The number of rotatable bonds is 2. The minimum atomic E-state index is 0.0377. The van der Waals surface area contributed by atoms with Gasteiger partial charge in [-0.1, -0.05) is 22.9 Å². The number of carbonyl (C=O) groups excluding carboxylic acids is 1. The van der Waals surface area contributed by atoms with Crippen molar-refractivity contribution in [1.82, 2.24) is 9.80 Å². The van der Waals surface area contributed by atoms with E-state index in [2.05, 4.69) is 27.8 Å². The SMILES string of the molecule is CCN1CCN(C(=O)c2ccc(Br)cc2N)CC1. The molecule has 18 heavy (non-hydrogen) atoms. The van der Waals surface area contributed by atoms with Gasteiger partial charge in [-0.3, -0.25) is 4.79 Å². The first-order valence-corrected chi connectivity index (χ1v) is 6.97. The zero-order valence-corrected chi connectivity index (χ0v) is 12.1. The van der Waals surface area contributed by atoms with Crippen molar-refractivity contribution < 1.29 is 4.79 Å². The molecular formula is C13H18BrN3O. The monoisotopic (exact) mass is 311 g/mol. The Morgan fingerprint density at radius 2 is 2.00 bits per heavy atom. The van der Waals surface area contributed by atoms with Crippen molar-refractivity contribution >= 4 is 27.5 Å². The second kappa shape index (κ2) is 5.71. The number of hydrogen-bond donors (Lipinski definition) is 1. The van der Waals surface area contributed by atoms with Gasteiger partial charge in [-0.25, -0.2) is 0 Å². The van der Waals surface area contributed by atoms with Crippen LogP contribution in [-0.4, -0.2) is 48.4 Å². The molecule has 2 rings (SSSR count). The number of benzene rings is 1. The van der Waals surface area contributed by atoms with Crippen LogP contribution in [0.15, 0.2) is 22.7 Å². The van der Waals surface area contributed by atoms with Gasteiger partial charge in [0.25, 0.3) is 5.91 Å². The van der Waals surface area contributed by atoms with Crippen molar-refractivity contribution in [3.8, 4) is 0 Å². The van der Waals surface area contributed by atoms with Gasteiger partial charge in [0, 0.05) is 36.3 Å². The standard InChI is InChI=1S/C13H18BrN3O/c1-2-16-5-7-17(8-6-16)13(18)11-4-3-10(14)9-12(11)15/h3-4,9H,2,5-8,15H2,1H3. The quantitative estimate of drug-likeness (QED) is 0.847. The molecule has 1 amide bonds. The summed E-state index contributed by atoms with van der Waals surface area (Å²) in [5.74, 6) is 0.0377. The van der Waals surface area contributed by atoms with E-state index in [9.17, 15) is 4.79 Å². The van der Waals surface area contributed by atoms with Crippen molar-refractivity contribution in [2.75, 3.05) is 38.5 Å². The third-order valence-electron chi connectivity index (χ3n) is 3.35. The first-order valence-electron chi connectivity index (χ1n) is 6.18. The summed E-state index contributed by atoms with van der Waals surface area (Å²) in [6.07, 6.45) is 0. The summed E-state index contributed by atoms with van der Waals surface area (Å²) in [5, 5.41) is 0. The molecule has 4 nitrogen and oxygen atoms in total. The third kappa shape index (κ3) is 2.84. The van der Waals surface area contributed by atoms with Crippen LogP contribution in [0.25, 0.3) is 0 Å². The molecule has 5 heteroatoms. The summed E-state index contributed by atoms with van der Waals surface area (Å²) in [7, 11) is 0. The molecule has 0 unspecified atom stereocenters. The molecule has 0 aromatic heterocycles. The Balaban J connectivity index is 2.08. The number of halogens is 1. The van der Waals surface area contributed by atoms with E-state index in [1.807, 2.05) is 11.0 Å². The molecule has 0 atom stereocenters. The van der Waals surface area contributed by atoms with Crippen molar-refractivity contribution in [2.45, 2.75) is 6.92 Å². The van der Waals surface area contributed by atoms with Crippen LogP contribution >= 0.6 is 15.9 Å². The molecule has 98 valence electrons. The van der Waals surface area contributed by atoms with Crippen molar-refractivity contribution in [1.29, 1.82) is 0 Å². The molecule has 1 aliphatic rings. The highest BCUT2D eigenvalue weighted by molar-refractivity contribution is 9.10. The Labute approximate surface area is 116 Å². The Bertz CT molecular complexity index is 442. The second-order valence-electron chi connectivity index (χ2n) is 4.46. The lowest BCUT2D eigenvalue weighted by Gasteiger charge is -2.34. The maximum absolute atomic E-state index is 12.3. The third-order valence-corrected chi connectivity index (χ3v) is 3.84. The van der Waals surface area contributed by atoms with Crippen LogP contribution in [0.5, 0.6) is 0 Å². The number of amides is 1. The molecule has 1 aliphatic heterocycles. The van der Waals surface area contributed by atoms with Gasteiger partial charge in [0.1, 0.15) is 0 Å². The summed E-state index contributed by atoms with van der Waals surface area (Å²) in [5.41, 5.74) is 7.03. The number of nitrogens with two attached hydrogens (primary N) is 1. The average molecular weight is 312 g/mol. The average Bonchev–Trinajstić information content (AvgIpc) is 2.38. The van der Waals surface area contributed by atoms with Gasteiger partial charge in [-0.2, -0.15) is 0 Å². The first kappa shape index (κ1) is 13.4. The van der Waals surface area contributed by atoms with Crippen LogP contribution in [0.2, 0.25) is 0 Å². The van der Waals surface area contributed by atoms with E-state index in [-0.39, 0.29) is 5.91 Å². The van der Waals surface area contributed by atoms with E-state index in [0.29, 0.717) is 11.3 Å². The number of nitrogens with zero attached hydrogens (tertiary/aromatic N) is 2. The van der Waals surface area contributed by atoms with Crippen LogP contribution in [0.3, 0.4) is 0 Å². The van der Waals surface area contributed by atoms with Crippen LogP contribution < -0.4 is 5.73 Å². The predicted octanol–water partition coefficient (Wildman–Crippen LogP) is 1.81. The van der Waals surface area contributed by atoms with Crippen molar-refractivity contribution in [3.05, 3.63) is 28.2 Å². The number of hydrogen-bond acceptors (Lipinski definition) is 3. The first-order chi connectivity index (χ1) is 8.61. The van der Waals surface area contributed by atoms with Gasteiger partial charge in [0.2, 0.25) is 0 Å². The molecule has 2 N–H and O–H groups in total. The number of nitrogen functional groups attached to an aromatic ring is 1. The number of likely N-dealkylation sites (N-methyl/N-ethyl adjacent to an activating group) is 1. The van der Waals surface area contributed by atoms with Crippen LogP contribution in [-0.2, 0) is 0 Å². The largest absolute Gasteiger partial charge is 0.398 e. The maximum Gasteiger partial charge on any atom is 0.256 e. The molecule has 0 spiro atoms. The molecule has 0 aliphatic carbocycles. The smallest absolute Gasteiger partial charge is 0.256 e. The van der Waals surface area contributed by atoms with Gasteiger partial charge in [0.05, 0.1) is 5.56 Å². The fraction of sp³-hybridized carbons (Fsp3) is 0.462. The minimum absolute atomic E-state index is 0.0377. The molecule has 1 aromatic carbocycles. The highest BCUT2D eigenvalue weighted by Gasteiger charge is 2.22. The number of piperazine rings is 1. The zero-order valence-electron chi connectivity index (χ0n) is 10.5. The summed E-state index contributed by atoms with van der Waals surface area (Å²) in [4.78, 5) is 16.6. The van der Waals surface area contributed by atoms with Gasteiger partial charge < -0.3 is 15.5 Å². The van der Waals surface area contributed by atoms with E-state index >= 15 is 0 Å². The molecule has 0 bridgehead atoms. The highest BCUT2D eigenvalue weighted by Crippen LogP contribution is 2.20. The van der Waals surface area contributed by atoms with Crippen LogP contribution in [0.1, 0.15) is 17.3 Å². The lowest BCUT2D eigenvalue weighted by molar-refractivity contribution is 0.0644. The molecule has 0 radical (unpaired) electrons. The molecular weight excluding hydrogens is 294 g/mol. The van der Waals surface area contributed by atoms with Crippen LogP contribution in [0.4, 0.5) is 5.69 Å². The lowest BCUT2D eigenvalue weighted by Crippen LogP contribution is -2.48. The van der Waals surface area contributed by atoms with E-state index in [4.69, 9.17) is 5.73 Å². The molecule has 1 heterocycles. The normalized spacial score (nSPS) is 16.9. The molecule has 1 saturated heterocycles. The second-order valence-corrected chi connectivity index (χ2v) is 5.37. The van der Waals surface area contributed by atoms with Gasteiger partial charge >= 0.3 is 0 Å². The van der Waals surface area contributed by atoms with Gasteiger partial charge in [-0.15, -0.1) is 0 Å². The van der Waals surface area contributed by atoms with Crippen molar-refractivity contribution in [3.63, 3.8) is 0 Å². The van der Waals surface area contributed by atoms with Crippen LogP contribution in [0, 0.1) is 0 Å². The van der Waals surface area contributed by atoms with E-state index in [1.165, 1.54) is 0 Å². The zero-order chi connectivity index (χ0) is 13.1. The Morgan fingerprint density at radius 1 is 1.33 bits per heavy atom. The Morgan fingerprint density at radius 3 is 2.56 bits per heavy atom. The summed E-state index contributed by atoms with van der Waals surface area (Å²) in [6.45, 7) is 6.63. The van der Waals surface area contributed by atoms with Gasteiger partial charge in [0.15, 0.2) is 0 Å². The lowest BCUT2D eigenvalue weighted by atomic mass is 10.1. The summed E-state index contributed by atoms with van der Waals surface area (Å²) >= 11 is 3.35. The predicted molar refractivity (Wildman–Crippen MR) is 76.6 cm³/mol. The number of carbonyl (C=O) groups is 1. The van der Waals surface area contributed by atoms with E-state index in [0.717, 1.165) is 37.2 Å². The molecule has 0 saturated carbocycles. The van der Waals surface area contributed by atoms with Crippen molar-refractivity contribution in [2.24, 2.45) is 0 Å². The van der Waals surface area contributed by atoms with E-state index < -0.39 is 0 Å². The highest BCUT2D eigenvalue weighted by atomic mass is 79.9. The minimum Gasteiger partial charge on any atom is -0.398 e. The fourth-order valence-electron chi connectivity index (χ4n) is 2.17. The topological polar surface area (TPSA) is 49.6 Å².